The lowest BCUT2D eigenvalue weighted by Gasteiger charge is -2.40. The van der Waals surface area contributed by atoms with Crippen LogP contribution < -0.4 is 5.32 Å². The van der Waals surface area contributed by atoms with Crippen LogP contribution in [0.4, 0.5) is 0 Å². The van der Waals surface area contributed by atoms with Gasteiger partial charge < -0.3 is 10.1 Å². The van der Waals surface area contributed by atoms with E-state index in [-0.39, 0.29) is 11.6 Å². The molecule has 1 aromatic heterocycles. The van der Waals surface area contributed by atoms with Crippen molar-refractivity contribution in [1.82, 2.24) is 5.32 Å². The minimum Gasteiger partial charge on any atom is -0.369 e. The lowest BCUT2D eigenvalue weighted by Crippen LogP contribution is -2.54. The predicted molar refractivity (Wildman–Crippen MR) is 69.1 cm³/mol. The fraction of sp³-hybridized carbons (Fsp3) is 0.692. The standard InChI is InChI=1S/C13H21NOS/c1-4-13(5-2)9-15-11(8-14-13)12-7-6-10(3)16-12/h6-7,11,14H,4-5,8-9H2,1-3H3. The van der Waals surface area contributed by atoms with Gasteiger partial charge in [-0.1, -0.05) is 13.8 Å². The Labute approximate surface area is 102 Å². The lowest BCUT2D eigenvalue weighted by atomic mass is 9.92. The van der Waals surface area contributed by atoms with Crippen LogP contribution in [0.5, 0.6) is 0 Å². The van der Waals surface area contributed by atoms with Gasteiger partial charge in [-0.05, 0) is 31.9 Å². The van der Waals surface area contributed by atoms with Crippen molar-refractivity contribution in [2.24, 2.45) is 0 Å². The van der Waals surface area contributed by atoms with Gasteiger partial charge in [-0.15, -0.1) is 11.3 Å². The second kappa shape index (κ2) is 4.86. The number of morpholine rings is 1. The monoisotopic (exact) mass is 239 g/mol. The highest BCUT2D eigenvalue weighted by Crippen LogP contribution is 2.31. The van der Waals surface area contributed by atoms with Crippen LogP contribution in [0.15, 0.2) is 12.1 Å². The molecule has 0 radical (unpaired) electrons. The SMILES string of the molecule is CCC1(CC)COC(c2ccc(C)s2)CN1. The van der Waals surface area contributed by atoms with Crippen molar-refractivity contribution in [2.75, 3.05) is 13.2 Å². The first-order valence-corrected chi connectivity index (χ1v) is 6.94. The molecule has 90 valence electrons. The van der Waals surface area contributed by atoms with Gasteiger partial charge in [0, 0.05) is 21.8 Å². The lowest BCUT2D eigenvalue weighted by molar-refractivity contribution is -0.0358. The highest BCUT2D eigenvalue weighted by Gasteiger charge is 2.33. The van der Waals surface area contributed by atoms with Crippen molar-refractivity contribution in [3.8, 4) is 0 Å². The van der Waals surface area contributed by atoms with E-state index >= 15 is 0 Å². The molecule has 1 atom stereocenters. The van der Waals surface area contributed by atoms with Crippen molar-refractivity contribution < 1.29 is 4.74 Å². The van der Waals surface area contributed by atoms with E-state index in [1.807, 2.05) is 11.3 Å². The summed E-state index contributed by atoms with van der Waals surface area (Å²) in [5.74, 6) is 0. The molecule has 0 spiro atoms. The Hall–Kier alpha value is -0.380. The zero-order chi connectivity index (χ0) is 11.6. The summed E-state index contributed by atoms with van der Waals surface area (Å²) in [4.78, 5) is 2.72. The maximum atomic E-state index is 6.02. The maximum Gasteiger partial charge on any atom is 0.104 e. The molecule has 1 fully saturated rings. The van der Waals surface area contributed by atoms with Crippen LogP contribution >= 0.6 is 11.3 Å². The molecule has 1 aliphatic heterocycles. The molecule has 1 N–H and O–H groups in total. The van der Waals surface area contributed by atoms with E-state index in [1.54, 1.807) is 0 Å². The van der Waals surface area contributed by atoms with Crippen LogP contribution in [0, 0.1) is 6.92 Å². The quantitative estimate of drug-likeness (QED) is 0.874. The van der Waals surface area contributed by atoms with Crippen molar-refractivity contribution in [3.05, 3.63) is 21.9 Å². The largest absolute Gasteiger partial charge is 0.369 e. The zero-order valence-corrected chi connectivity index (χ0v) is 11.2. The highest BCUT2D eigenvalue weighted by molar-refractivity contribution is 7.12. The third kappa shape index (κ3) is 2.31. The van der Waals surface area contributed by atoms with Crippen molar-refractivity contribution >= 4 is 11.3 Å². The van der Waals surface area contributed by atoms with E-state index in [0.717, 1.165) is 26.0 Å². The first-order valence-electron chi connectivity index (χ1n) is 6.12. The Kier molecular flexibility index (Phi) is 3.67. The molecule has 2 heterocycles. The minimum absolute atomic E-state index is 0.211. The van der Waals surface area contributed by atoms with E-state index in [2.05, 4.69) is 38.2 Å². The van der Waals surface area contributed by atoms with Gasteiger partial charge in [0.15, 0.2) is 0 Å². The number of ether oxygens (including phenoxy) is 1. The molecule has 16 heavy (non-hydrogen) atoms. The average molecular weight is 239 g/mol. The third-order valence-corrected chi connectivity index (χ3v) is 4.75. The van der Waals surface area contributed by atoms with E-state index < -0.39 is 0 Å². The van der Waals surface area contributed by atoms with Crippen LogP contribution in [-0.4, -0.2) is 18.7 Å². The Morgan fingerprint density at radius 3 is 2.62 bits per heavy atom. The first kappa shape index (κ1) is 12.1. The number of hydrogen-bond acceptors (Lipinski definition) is 3. The van der Waals surface area contributed by atoms with Crippen LogP contribution in [0.25, 0.3) is 0 Å². The van der Waals surface area contributed by atoms with Crippen molar-refractivity contribution in [3.63, 3.8) is 0 Å². The first-order chi connectivity index (χ1) is 7.69. The second-order valence-electron chi connectivity index (χ2n) is 4.62. The normalized spacial score (nSPS) is 24.6. The number of hydrogen-bond donors (Lipinski definition) is 1. The summed E-state index contributed by atoms with van der Waals surface area (Å²) in [5.41, 5.74) is 0.211. The molecule has 1 unspecified atom stereocenters. The minimum atomic E-state index is 0.211. The number of nitrogens with one attached hydrogen (secondary N) is 1. The smallest absolute Gasteiger partial charge is 0.104 e. The van der Waals surface area contributed by atoms with Gasteiger partial charge in [-0.3, -0.25) is 0 Å². The summed E-state index contributed by atoms with van der Waals surface area (Å²) in [6, 6.07) is 4.36. The van der Waals surface area contributed by atoms with E-state index in [9.17, 15) is 0 Å². The summed E-state index contributed by atoms with van der Waals surface area (Å²) in [6.07, 6.45) is 2.53. The molecular weight excluding hydrogens is 218 g/mol. The third-order valence-electron chi connectivity index (χ3n) is 3.66. The topological polar surface area (TPSA) is 21.3 Å². The number of aryl methyl sites for hydroxylation is 1. The Bertz CT molecular complexity index is 333. The molecule has 1 aromatic rings. The van der Waals surface area contributed by atoms with Gasteiger partial charge >= 0.3 is 0 Å². The summed E-state index contributed by atoms with van der Waals surface area (Å²) in [7, 11) is 0. The summed E-state index contributed by atoms with van der Waals surface area (Å²) in [6.45, 7) is 8.39. The molecular formula is C13H21NOS. The van der Waals surface area contributed by atoms with E-state index in [4.69, 9.17) is 4.74 Å². The molecule has 0 amide bonds. The summed E-state index contributed by atoms with van der Waals surface area (Å²) < 4.78 is 6.02. The second-order valence-corrected chi connectivity index (χ2v) is 5.94. The Balaban J connectivity index is 1.99. The summed E-state index contributed by atoms with van der Waals surface area (Å²) >= 11 is 1.84. The summed E-state index contributed by atoms with van der Waals surface area (Å²) in [5, 5.41) is 3.67. The maximum absolute atomic E-state index is 6.02. The zero-order valence-electron chi connectivity index (χ0n) is 10.4. The van der Waals surface area contributed by atoms with Crippen LogP contribution in [0.3, 0.4) is 0 Å². The highest BCUT2D eigenvalue weighted by atomic mass is 32.1. The van der Waals surface area contributed by atoms with Crippen molar-refractivity contribution in [2.45, 2.75) is 45.3 Å². The van der Waals surface area contributed by atoms with E-state index in [0.29, 0.717) is 0 Å². The predicted octanol–water partition coefficient (Wildman–Crippen LogP) is 3.28. The van der Waals surface area contributed by atoms with Gasteiger partial charge in [-0.25, -0.2) is 0 Å². The fourth-order valence-electron chi connectivity index (χ4n) is 2.19. The molecule has 0 saturated carbocycles. The van der Waals surface area contributed by atoms with Gasteiger partial charge in [0.2, 0.25) is 0 Å². The van der Waals surface area contributed by atoms with Crippen LogP contribution in [0.1, 0.15) is 42.5 Å². The Morgan fingerprint density at radius 1 is 1.44 bits per heavy atom. The molecule has 0 aliphatic carbocycles. The molecule has 1 saturated heterocycles. The molecule has 2 rings (SSSR count). The molecule has 2 nitrogen and oxygen atoms in total. The van der Waals surface area contributed by atoms with Crippen molar-refractivity contribution in [1.29, 1.82) is 0 Å². The Morgan fingerprint density at radius 2 is 2.19 bits per heavy atom. The molecule has 3 heteroatoms. The van der Waals surface area contributed by atoms with Gasteiger partial charge in [0.05, 0.1) is 6.61 Å². The van der Waals surface area contributed by atoms with Gasteiger partial charge in [0.25, 0.3) is 0 Å². The van der Waals surface area contributed by atoms with Gasteiger partial charge in [0.1, 0.15) is 6.10 Å². The van der Waals surface area contributed by atoms with E-state index in [1.165, 1.54) is 9.75 Å². The molecule has 1 aliphatic rings. The van der Waals surface area contributed by atoms with Gasteiger partial charge in [-0.2, -0.15) is 0 Å². The molecule has 0 aromatic carbocycles. The van der Waals surface area contributed by atoms with Crippen LogP contribution in [-0.2, 0) is 4.74 Å². The molecule has 0 bridgehead atoms. The average Bonchev–Trinajstić information content (AvgIpc) is 2.76. The van der Waals surface area contributed by atoms with Crippen LogP contribution in [0.2, 0.25) is 0 Å². The fourth-order valence-corrected chi connectivity index (χ4v) is 3.12. The number of thiophene rings is 1. The number of rotatable bonds is 3.